The van der Waals surface area contributed by atoms with Gasteiger partial charge in [-0.25, -0.2) is 10.2 Å². The molecule has 0 aliphatic carbocycles. The van der Waals surface area contributed by atoms with Gasteiger partial charge in [-0.2, -0.15) is 5.10 Å². The summed E-state index contributed by atoms with van der Waals surface area (Å²) in [5, 5.41) is 11.9. The van der Waals surface area contributed by atoms with Crippen LogP contribution in [0.15, 0.2) is 53.8 Å². The van der Waals surface area contributed by atoms with Crippen LogP contribution in [-0.2, 0) is 6.54 Å². The molecule has 10 heteroatoms. The van der Waals surface area contributed by atoms with E-state index in [-0.39, 0.29) is 0 Å². The number of benzene rings is 2. The first-order chi connectivity index (χ1) is 13.6. The molecule has 2 aromatic carbocycles. The molecule has 0 saturated heterocycles. The first-order valence-corrected chi connectivity index (χ1v) is 9.38. The van der Waals surface area contributed by atoms with Crippen LogP contribution >= 0.6 is 34.8 Å². The summed E-state index contributed by atoms with van der Waals surface area (Å²) >= 11 is 19.0. The predicted molar refractivity (Wildman–Crippen MR) is 110 cm³/mol. The van der Waals surface area contributed by atoms with E-state index in [1.807, 2.05) is 29.3 Å². The monoisotopic (exact) mass is 436 g/mol. The van der Waals surface area contributed by atoms with Gasteiger partial charge in [0.15, 0.2) is 5.84 Å². The molecule has 0 atom stereocenters. The van der Waals surface area contributed by atoms with Crippen LogP contribution in [-0.4, -0.2) is 27.7 Å². The van der Waals surface area contributed by atoms with Crippen molar-refractivity contribution in [3.05, 3.63) is 75.0 Å². The summed E-state index contributed by atoms with van der Waals surface area (Å²) in [6, 6.07) is 12.9. The van der Waals surface area contributed by atoms with Crippen LogP contribution < -0.4 is 15.8 Å². The Balaban J connectivity index is 1.61. The number of nitrogens with one attached hydrogen (secondary N) is 2. The Morgan fingerprint density at radius 3 is 2.61 bits per heavy atom. The van der Waals surface area contributed by atoms with E-state index in [0.717, 1.165) is 11.3 Å². The minimum atomic E-state index is 0.369. The van der Waals surface area contributed by atoms with Crippen LogP contribution in [0.2, 0.25) is 15.2 Å². The number of amidine groups is 1. The Hall–Kier alpha value is -2.45. The van der Waals surface area contributed by atoms with E-state index in [1.54, 1.807) is 31.5 Å². The van der Waals surface area contributed by atoms with Crippen LogP contribution in [0, 0.1) is 0 Å². The largest absolute Gasteiger partial charge is 0.497 e. The molecular weight excluding hydrogens is 423 g/mol. The minimum absolute atomic E-state index is 0.369. The van der Waals surface area contributed by atoms with Gasteiger partial charge in [-0.3, -0.25) is 5.01 Å². The summed E-state index contributed by atoms with van der Waals surface area (Å²) in [4.78, 5) is 0. The average molecular weight is 438 g/mol. The van der Waals surface area contributed by atoms with E-state index < -0.39 is 0 Å². The van der Waals surface area contributed by atoms with Crippen molar-refractivity contribution in [1.29, 1.82) is 0 Å². The van der Waals surface area contributed by atoms with Crippen LogP contribution in [0.25, 0.3) is 5.69 Å². The zero-order valence-corrected chi connectivity index (χ0v) is 16.9. The number of hydrogen-bond acceptors (Lipinski definition) is 6. The van der Waals surface area contributed by atoms with E-state index in [2.05, 4.69) is 21.3 Å². The molecule has 0 fully saturated rings. The second-order valence-corrected chi connectivity index (χ2v) is 7.15. The lowest BCUT2D eigenvalue weighted by Gasteiger charge is -2.18. The fraction of sp³-hybridized carbons (Fsp3) is 0.111. The number of halogens is 3. The maximum Gasteiger partial charge on any atom is 0.178 e. The van der Waals surface area contributed by atoms with Crippen LogP contribution in [0.4, 0.5) is 0 Å². The second kappa shape index (κ2) is 7.89. The van der Waals surface area contributed by atoms with Crippen molar-refractivity contribution in [2.24, 2.45) is 5.10 Å². The summed E-state index contributed by atoms with van der Waals surface area (Å²) in [7, 11) is 1.64. The highest BCUT2D eigenvalue weighted by atomic mass is 35.5. The number of rotatable bonds is 5. The molecule has 144 valence electrons. The molecule has 1 aliphatic rings. The molecule has 0 amide bonds. The molecule has 0 bridgehead atoms. The van der Waals surface area contributed by atoms with Crippen LogP contribution in [0.3, 0.4) is 0 Å². The van der Waals surface area contributed by atoms with Gasteiger partial charge in [0.1, 0.15) is 10.9 Å². The first kappa shape index (κ1) is 18.9. The molecule has 4 rings (SSSR count). The zero-order chi connectivity index (χ0) is 19.7. The number of methoxy groups -OCH3 is 1. The van der Waals surface area contributed by atoms with Crippen LogP contribution in [0.5, 0.6) is 5.75 Å². The Morgan fingerprint density at radius 2 is 1.86 bits per heavy atom. The SMILES string of the molecule is COc1ccc(CN2NNN=C2c2cnn(-c3cc(Cl)ccc3Cl)c2Cl)cc1. The predicted octanol–water partition coefficient (Wildman–Crippen LogP) is 4.03. The normalized spacial score (nSPS) is 13.4. The average Bonchev–Trinajstić information content (AvgIpc) is 3.30. The van der Waals surface area contributed by atoms with E-state index in [9.17, 15) is 0 Å². The summed E-state index contributed by atoms with van der Waals surface area (Å²) in [5.74, 6) is 1.40. The second-order valence-electron chi connectivity index (χ2n) is 5.95. The number of aromatic nitrogens is 2. The van der Waals surface area contributed by atoms with E-state index >= 15 is 0 Å². The Morgan fingerprint density at radius 1 is 1.07 bits per heavy atom. The number of hydrogen-bond donors (Lipinski definition) is 2. The minimum Gasteiger partial charge on any atom is -0.497 e. The fourth-order valence-corrected chi connectivity index (χ4v) is 3.42. The smallest absolute Gasteiger partial charge is 0.178 e. The lowest BCUT2D eigenvalue weighted by Crippen LogP contribution is -2.40. The Labute approximate surface area is 176 Å². The van der Waals surface area contributed by atoms with Gasteiger partial charge in [-0.05, 0) is 35.9 Å². The molecule has 0 saturated carbocycles. The highest BCUT2D eigenvalue weighted by molar-refractivity contribution is 6.35. The summed E-state index contributed by atoms with van der Waals surface area (Å²) in [6.45, 7) is 0.551. The molecule has 7 nitrogen and oxygen atoms in total. The fourth-order valence-electron chi connectivity index (χ4n) is 2.78. The summed E-state index contributed by atoms with van der Waals surface area (Å²) < 4.78 is 6.72. The molecule has 28 heavy (non-hydrogen) atoms. The lowest BCUT2D eigenvalue weighted by molar-refractivity contribution is 0.288. The van der Waals surface area contributed by atoms with Crippen molar-refractivity contribution in [3.8, 4) is 11.4 Å². The van der Waals surface area contributed by atoms with Gasteiger partial charge in [-0.15, -0.1) is 10.6 Å². The molecule has 0 radical (unpaired) electrons. The number of hydrazine groups is 2. The van der Waals surface area contributed by atoms with Gasteiger partial charge in [0.05, 0.1) is 36.1 Å². The molecule has 1 aromatic heterocycles. The quantitative estimate of drug-likeness (QED) is 0.631. The summed E-state index contributed by atoms with van der Waals surface area (Å²) in [5.41, 5.74) is 8.03. The van der Waals surface area contributed by atoms with Gasteiger partial charge in [-0.1, -0.05) is 46.9 Å². The molecular formula is C18H15Cl3N6O. The number of ether oxygens (including phenoxy) is 1. The van der Waals surface area contributed by atoms with Gasteiger partial charge in [0, 0.05) is 5.02 Å². The van der Waals surface area contributed by atoms with E-state index in [1.165, 1.54) is 4.68 Å². The van der Waals surface area contributed by atoms with Crippen molar-refractivity contribution < 1.29 is 4.74 Å². The van der Waals surface area contributed by atoms with Gasteiger partial charge >= 0.3 is 0 Å². The lowest BCUT2D eigenvalue weighted by atomic mass is 10.2. The van der Waals surface area contributed by atoms with Crippen LogP contribution in [0.1, 0.15) is 11.1 Å². The molecule has 0 unspecified atom stereocenters. The van der Waals surface area contributed by atoms with Crippen molar-refractivity contribution >= 4 is 40.6 Å². The highest BCUT2D eigenvalue weighted by Crippen LogP contribution is 2.29. The van der Waals surface area contributed by atoms with E-state index in [4.69, 9.17) is 39.5 Å². The Bertz CT molecular complexity index is 1030. The number of hydrazone groups is 1. The van der Waals surface area contributed by atoms with Crippen molar-refractivity contribution in [3.63, 3.8) is 0 Å². The third kappa shape index (κ3) is 3.62. The third-order valence-electron chi connectivity index (χ3n) is 4.19. The number of nitrogens with zero attached hydrogens (tertiary/aromatic N) is 4. The zero-order valence-electron chi connectivity index (χ0n) is 14.7. The first-order valence-electron chi connectivity index (χ1n) is 8.25. The molecule has 0 spiro atoms. The van der Waals surface area contributed by atoms with Crippen molar-refractivity contribution in [1.82, 2.24) is 25.9 Å². The van der Waals surface area contributed by atoms with Gasteiger partial charge in [0.25, 0.3) is 0 Å². The summed E-state index contributed by atoms with van der Waals surface area (Å²) in [6.07, 6.45) is 1.63. The maximum atomic E-state index is 6.59. The molecule has 1 aliphatic heterocycles. The van der Waals surface area contributed by atoms with Gasteiger partial charge < -0.3 is 4.74 Å². The van der Waals surface area contributed by atoms with Gasteiger partial charge in [0.2, 0.25) is 0 Å². The standard InChI is InChI=1S/C18H15Cl3N6O/c1-28-13-5-2-11(3-6-13)10-26-18(23-24-25-26)14-9-22-27(17(14)21)16-8-12(19)4-7-15(16)20/h2-9,24-25H,10H2,1H3. The highest BCUT2D eigenvalue weighted by Gasteiger charge is 2.25. The Kier molecular flexibility index (Phi) is 5.32. The molecule has 3 aromatic rings. The topological polar surface area (TPSA) is 66.7 Å². The van der Waals surface area contributed by atoms with E-state index in [0.29, 0.717) is 38.8 Å². The maximum absolute atomic E-state index is 6.59. The molecule has 2 N–H and O–H groups in total. The third-order valence-corrected chi connectivity index (χ3v) is 5.11. The van der Waals surface area contributed by atoms with Crippen molar-refractivity contribution in [2.45, 2.75) is 6.54 Å². The molecule has 2 heterocycles. The van der Waals surface area contributed by atoms with Crippen molar-refractivity contribution in [2.75, 3.05) is 7.11 Å².